The second-order valence-corrected chi connectivity index (χ2v) is 4.52. The predicted octanol–water partition coefficient (Wildman–Crippen LogP) is 1.80. The number of rotatable bonds is 3. The zero-order valence-corrected chi connectivity index (χ0v) is 11.4. The van der Waals surface area contributed by atoms with Gasteiger partial charge in [-0.05, 0) is 24.3 Å². The van der Waals surface area contributed by atoms with Crippen LogP contribution in [0.4, 0.5) is 5.69 Å². The minimum atomic E-state index is -1.21. The molecule has 0 bridgehead atoms. The lowest BCUT2D eigenvalue weighted by molar-refractivity contribution is 0.0691. The van der Waals surface area contributed by atoms with Crippen molar-refractivity contribution < 1.29 is 24.2 Å². The molecule has 1 aliphatic rings. The minimum absolute atomic E-state index is 0.148. The van der Waals surface area contributed by atoms with Crippen LogP contribution in [0.1, 0.15) is 20.8 Å². The highest BCUT2D eigenvalue weighted by Crippen LogP contribution is 2.32. The van der Waals surface area contributed by atoms with E-state index >= 15 is 0 Å². The molecule has 0 saturated carbocycles. The van der Waals surface area contributed by atoms with Gasteiger partial charge in [0.2, 0.25) is 0 Å². The van der Waals surface area contributed by atoms with E-state index < -0.39 is 11.9 Å². The number of aromatic carboxylic acids is 1. The molecule has 7 nitrogen and oxygen atoms in total. The SMILES string of the molecule is O=C(O)c1cccnc1C(=O)Nc1ccc2c(c1)OCCO2. The normalized spacial score (nSPS) is 12.5. The summed E-state index contributed by atoms with van der Waals surface area (Å²) in [6, 6.07) is 7.74. The zero-order chi connectivity index (χ0) is 15.5. The molecule has 1 aliphatic heterocycles. The Bertz CT molecular complexity index is 744. The number of benzene rings is 1. The highest BCUT2D eigenvalue weighted by Gasteiger charge is 2.19. The fraction of sp³-hybridized carbons (Fsp3) is 0.133. The summed E-state index contributed by atoms with van der Waals surface area (Å²) in [5, 5.41) is 11.7. The fourth-order valence-electron chi connectivity index (χ4n) is 2.07. The molecule has 0 fully saturated rings. The monoisotopic (exact) mass is 300 g/mol. The van der Waals surface area contributed by atoms with Crippen LogP contribution in [0.15, 0.2) is 36.5 Å². The number of hydrogen-bond acceptors (Lipinski definition) is 5. The smallest absolute Gasteiger partial charge is 0.338 e. The van der Waals surface area contributed by atoms with Gasteiger partial charge in [0.1, 0.15) is 18.9 Å². The van der Waals surface area contributed by atoms with Crippen molar-refractivity contribution in [2.24, 2.45) is 0 Å². The number of fused-ring (bicyclic) bond motifs is 1. The number of carbonyl (C=O) groups is 2. The first-order valence-electron chi connectivity index (χ1n) is 6.54. The van der Waals surface area contributed by atoms with Crippen molar-refractivity contribution in [3.05, 3.63) is 47.8 Å². The highest BCUT2D eigenvalue weighted by atomic mass is 16.6. The number of carboxylic acids is 1. The van der Waals surface area contributed by atoms with Gasteiger partial charge in [0.25, 0.3) is 5.91 Å². The Morgan fingerprint density at radius 2 is 1.91 bits per heavy atom. The molecule has 2 heterocycles. The molecule has 7 heteroatoms. The Labute approximate surface area is 125 Å². The van der Waals surface area contributed by atoms with Gasteiger partial charge in [-0.2, -0.15) is 0 Å². The van der Waals surface area contributed by atoms with E-state index in [1.165, 1.54) is 18.3 Å². The second-order valence-electron chi connectivity index (χ2n) is 4.52. The first-order valence-corrected chi connectivity index (χ1v) is 6.54. The number of anilines is 1. The van der Waals surface area contributed by atoms with E-state index in [9.17, 15) is 9.59 Å². The predicted molar refractivity (Wildman–Crippen MR) is 76.6 cm³/mol. The zero-order valence-electron chi connectivity index (χ0n) is 11.4. The lowest BCUT2D eigenvalue weighted by Crippen LogP contribution is -2.19. The van der Waals surface area contributed by atoms with Gasteiger partial charge in [0.05, 0.1) is 5.56 Å². The summed E-state index contributed by atoms with van der Waals surface area (Å²) in [6.07, 6.45) is 1.37. The average Bonchev–Trinajstić information content (AvgIpc) is 2.54. The van der Waals surface area contributed by atoms with Crippen LogP contribution in [0, 0.1) is 0 Å². The summed E-state index contributed by atoms with van der Waals surface area (Å²) in [4.78, 5) is 27.1. The van der Waals surface area contributed by atoms with Crippen molar-refractivity contribution >= 4 is 17.6 Å². The summed E-state index contributed by atoms with van der Waals surface area (Å²) in [7, 11) is 0. The number of nitrogens with one attached hydrogen (secondary N) is 1. The van der Waals surface area contributed by atoms with Gasteiger partial charge in [-0.1, -0.05) is 0 Å². The van der Waals surface area contributed by atoms with Gasteiger partial charge in [0.15, 0.2) is 11.5 Å². The standard InChI is InChI=1S/C15H12N2O5/c18-14(13-10(15(19)20)2-1-5-16-13)17-9-3-4-11-12(8-9)22-7-6-21-11/h1-5,8H,6-7H2,(H,17,18)(H,19,20). The van der Waals surface area contributed by atoms with Crippen LogP contribution < -0.4 is 14.8 Å². The number of carboxylic acid groups (broad SMARTS) is 1. The molecular formula is C15H12N2O5. The second kappa shape index (κ2) is 5.72. The molecule has 0 unspecified atom stereocenters. The Morgan fingerprint density at radius 1 is 1.14 bits per heavy atom. The number of hydrogen-bond donors (Lipinski definition) is 2. The van der Waals surface area contributed by atoms with Crippen LogP contribution in [-0.4, -0.2) is 35.2 Å². The summed E-state index contributed by atoms with van der Waals surface area (Å²) in [5.41, 5.74) is 0.165. The van der Waals surface area contributed by atoms with E-state index in [1.807, 2.05) is 0 Å². The maximum atomic E-state index is 12.2. The Kier molecular flexibility index (Phi) is 3.61. The topological polar surface area (TPSA) is 97.8 Å². The largest absolute Gasteiger partial charge is 0.486 e. The molecule has 22 heavy (non-hydrogen) atoms. The van der Waals surface area contributed by atoms with Gasteiger partial charge in [0, 0.05) is 18.0 Å². The molecule has 0 spiro atoms. The molecule has 0 radical (unpaired) electrons. The summed E-state index contributed by atoms with van der Waals surface area (Å²) in [6.45, 7) is 0.919. The van der Waals surface area contributed by atoms with Crippen LogP contribution >= 0.6 is 0 Å². The molecule has 1 aromatic carbocycles. The van der Waals surface area contributed by atoms with Crippen molar-refractivity contribution in [2.75, 3.05) is 18.5 Å². The number of aromatic nitrogens is 1. The third-order valence-electron chi connectivity index (χ3n) is 3.05. The first kappa shape index (κ1) is 13.9. The van der Waals surface area contributed by atoms with Crippen molar-refractivity contribution in [1.29, 1.82) is 0 Å². The molecule has 2 aromatic rings. The molecule has 0 saturated heterocycles. The van der Waals surface area contributed by atoms with E-state index in [4.69, 9.17) is 14.6 Å². The maximum absolute atomic E-state index is 12.2. The van der Waals surface area contributed by atoms with Gasteiger partial charge in [-0.3, -0.25) is 9.78 Å². The molecular weight excluding hydrogens is 288 g/mol. The number of ether oxygens (including phenoxy) is 2. The van der Waals surface area contributed by atoms with E-state index in [2.05, 4.69) is 10.3 Å². The minimum Gasteiger partial charge on any atom is -0.486 e. The lowest BCUT2D eigenvalue weighted by atomic mass is 10.2. The third kappa shape index (κ3) is 2.69. The average molecular weight is 300 g/mol. The highest BCUT2D eigenvalue weighted by molar-refractivity contribution is 6.09. The van der Waals surface area contributed by atoms with Gasteiger partial charge in [-0.15, -0.1) is 0 Å². The van der Waals surface area contributed by atoms with Crippen molar-refractivity contribution in [2.45, 2.75) is 0 Å². The summed E-state index contributed by atoms with van der Waals surface area (Å²) < 4.78 is 10.8. The molecule has 1 aromatic heterocycles. The number of carbonyl (C=O) groups excluding carboxylic acids is 1. The van der Waals surface area contributed by atoms with Gasteiger partial charge < -0.3 is 19.9 Å². The summed E-state index contributed by atoms with van der Waals surface area (Å²) >= 11 is 0. The van der Waals surface area contributed by atoms with Crippen LogP contribution in [-0.2, 0) is 0 Å². The maximum Gasteiger partial charge on any atom is 0.338 e. The van der Waals surface area contributed by atoms with Crippen LogP contribution in [0.5, 0.6) is 11.5 Å². The van der Waals surface area contributed by atoms with Gasteiger partial charge in [-0.25, -0.2) is 4.79 Å². The van der Waals surface area contributed by atoms with Gasteiger partial charge >= 0.3 is 5.97 Å². The van der Waals surface area contributed by atoms with Crippen molar-refractivity contribution in [3.63, 3.8) is 0 Å². The van der Waals surface area contributed by atoms with Crippen LogP contribution in [0.25, 0.3) is 0 Å². The number of nitrogens with zero attached hydrogens (tertiary/aromatic N) is 1. The molecule has 3 rings (SSSR count). The third-order valence-corrected chi connectivity index (χ3v) is 3.05. The van der Waals surface area contributed by atoms with Crippen molar-refractivity contribution in [3.8, 4) is 11.5 Å². The molecule has 0 aliphatic carbocycles. The van der Waals surface area contributed by atoms with E-state index in [-0.39, 0.29) is 11.3 Å². The van der Waals surface area contributed by atoms with E-state index in [0.717, 1.165) is 0 Å². The summed E-state index contributed by atoms with van der Waals surface area (Å²) in [5.74, 6) is -0.674. The molecule has 1 amide bonds. The Morgan fingerprint density at radius 3 is 2.68 bits per heavy atom. The Hall–Kier alpha value is -3.09. The van der Waals surface area contributed by atoms with E-state index in [1.54, 1.807) is 18.2 Å². The number of pyridine rings is 1. The van der Waals surface area contributed by atoms with Crippen LogP contribution in [0.2, 0.25) is 0 Å². The van der Waals surface area contributed by atoms with Crippen LogP contribution in [0.3, 0.4) is 0 Å². The first-order chi connectivity index (χ1) is 10.6. The Balaban J connectivity index is 1.84. The van der Waals surface area contributed by atoms with Crippen molar-refractivity contribution in [1.82, 2.24) is 4.98 Å². The number of amides is 1. The fourth-order valence-corrected chi connectivity index (χ4v) is 2.07. The molecule has 0 atom stereocenters. The quantitative estimate of drug-likeness (QED) is 0.897. The molecule has 2 N–H and O–H groups in total. The lowest BCUT2D eigenvalue weighted by Gasteiger charge is -2.19. The van der Waals surface area contributed by atoms with E-state index in [0.29, 0.717) is 30.4 Å². The molecule has 112 valence electrons.